The van der Waals surface area contributed by atoms with Gasteiger partial charge < -0.3 is 29.6 Å². The number of nitrogens with zero attached hydrogens (tertiary/aromatic N) is 5. The van der Waals surface area contributed by atoms with E-state index in [1.807, 2.05) is 62.8 Å². The van der Waals surface area contributed by atoms with Crippen LogP contribution in [0.3, 0.4) is 0 Å². The van der Waals surface area contributed by atoms with Gasteiger partial charge in [0.15, 0.2) is 5.82 Å². The van der Waals surface area contributed by atoms with Crippen molar-refractivity contribution in [2.45, 2.75) is 26.9 Å². The van der Waals surface area contributed by atoms with Crippen molar-refractivity contribution in [3.8, 4) is 28.4 Å². The molecule has 4 rings (SSSR count). The largest absolute Gasteiger partial charge is 0.491 e. The van der Waals surface area contributed by atoms with E-state index in [-0.39, 0.29) is 6.61 Å². The molecule has 4 aromatic rings. The summed E-state index contributed by atoms with van der Waals surface area (Å²) >= 11 is 0. The number of rotatable bonds is 9. The molecule has 1 atom stereocenters. The first-order valence-electron chi connectivity index (χ1n) is 11.0. The second-order valence-corrected chi connectivity index (χ2v) is 8.11. The molecule has 0 aliphatic rings. The summed E-state index contributed by atoms with van der Waals surface area (Å²) in [6.45, 7) is 6.34. The van der Waals surface area contributed by atoms with Crippen LogP contribution in [-0.4, -0.2) is 56.1 Å². The first kappa shape index (κ1) is 23.4. The molecule has 3 aromatic heterocycles. The van der Waals surface area contributed by atoms with E-state index in [4.69, 9.17) is 19.2 Å². The standard InChI is InChI=1S/C24H29N7O3/c1-14-21(20-15(2)30-34-16(20)3)27-23(28-22(14)29-24-26-9-10-31(24)5)17-7-6-8-19(11-17)33-13-18(32)12-25-4/h6-11,18,25,32H,12-13H2,1-5H3,(H,26,27,28,29). The SMILES string of the molecule is CNCC(O)COc1cccc(-c2nc(Nc3nccn3C)c(C)c(-c3c(C)noc3C)n2)c1. The topological polar surface area (TPSA) is 123 Å². The average Bonchev–Trinajstić information content (AvgIpc) is 3.38. The normalized spacial score (nSPS) is 12.1. The van der Waals surface area contributed by atoms with Crippen LogP contribution < -0.4 is 15.4 Å². The van der Waals surface area contributed by atoms with Crippen molar-refractivity contribution in [1.29, 1.82) is 0 Å². The molecule has 0 bridgehead atoms. The molecule has 178 valence electrons. The first-order valence-corrected chi connectivity index (χ1v) is 11.0. The quantitative estimate of drug-likeness (QED) is 0.343. The van der Waals surface area contributed by atoms with Crippen LogP contribution in [0.5, 0.6) is 5.75 Å². The predicted molar refractivity (Wildman–Crippen MR) is 129 cm³/mol. The van der Waals surface area contributed by atoms with Gasteiger partial charge >= 0.3 is 0 Å². The summed E-state index contributed by atoms with van der Waals surface area (Å²) in [5.74, 6) is 3.11. The zero-order valence-electron chi connectivity index (χ0n) is 20.0. The Morgan fingerprint density at radius 1 is 1.21 bits per heavy atom. The number of aryl methyl sites for hydroxylation is 3. The fraction of sp³-hybridized carbons (Fsp3) is 0.333. The highest BCUT2D eigenvalue weighted by atomic mass is 16.5. The van der Waals surface area contributed by atoms with E-state index in [0.29, 0.717) is 35.6 Å². The molecule has 3 heterocycles. The van der Waals surface area contributed by atoms with Gasteiger partial charge in [-0.05, 0) is 40.0 Å². The van der Waals surface area contributed by atoms with Crippen LogP contribution in [-0.2, 0) is 7.05 Å². The monoisotopic (exact) mass is 463 g/mol. The van der Waals surface area contributed by atoms with Crippen molar-refractivity contribution in [1.82, 2.24) is 30.0 Å². The molecule has 0 aliphatic carbocycles. The van der Waals surface area contributed by atoms with Gasteiger partial charge in [0.05, 0.1) is 17.0 Å². The van der Waals surface area contributed by atoms with Crippen LogP contribution in [0.15, 0.2) is 41.2 Å². The molecular weight excluding hydrogens is 434 g/mol. The molecule has 1 unspecified atom stereocenters. The summed E-state index contributed by atoms with van der Waals surface area (Å²) in [5.41, 5.74) is 3.95. The van der Waals surface area contributed by atoms with E-state index in [1.54, 1.807) is 13.2 Å². The second kappa shape index (κ2) is 10.0. The number of aliphatic hydroxyl groups excluding tert-OH is 1. The summed E-state index contributed by atoms with van der Waals surface area (Å²) in [6, 6.07) is 7.49. The van der Waals surface area contributed by atoms with E-state index in [1.165, 1.54) is 0 Å². The van der Waals surface area contributed by atoms with E-state index < -0.39 is 6.10 Å². The molecule has 34 heavy (non-hydrogen) atoms. The maximum absolute atomic E-state index is 9.96. The smallest absolute Gasteiger partial charge is 0.208 e. The maximum atomic E-state index is 9.96. The van der Waals surface area contributed by atoms with Gasteiger partial charge in [-0.1, -0.05) is 17.3 Å². The Labute approximate surface area is 198 Å². The highest BCUT2D eigenvalue weighted by Gasteiger charge is 2.21. The fourth-order valence-electron chi connectivity index (χ4n) is 3.64. The van der Waals surface area contributed by atoms with Gasteiger partial charge in [0.25, 0.3) is 0 Å². The van der Waals surface area contributed by atoms with Gasteiger partial charge in [0, 0.05) is 37.1 Å². The van der Waals surface area contributed by atoms with Crippen molar-refractivity contribution in [3.63, 3.8) is 0 Å². The van der Waals surface area contributed by atoms with Crippen molar-refractivity contribution in [2.75, 3.05) is 25.5 Å². The molecule has 1 aromatic carbocycles. The minimum Gasteiger partial charge on any atom is -0.491 e. The van der Waals surface area contributed by atoms with E-state index in [9.17, 15) is 5.11 Å². The number of anilines is 2. The Hall–Kier alpha value is -3.76. The highest BCUT2D eigenvalue weighted by Crippen LogP contribution is 2.34. The van der Waals surface area contributed by atoms with Crippen LogP contribution >= 0.6 is 0 Å². The lowest BCUT2D eigenvalue weighted by Crippen LogP contribution is -2.29. The van der Waals surface area contributed by atoms with Crippen molar-refractivity contribution in [2.24, 2.45) is 7.05 Å². The summed E-state index contributed by atoms with van der Waals surface area (Å²) in [6.07, 6.45) is 2.97. The number of aromatic nitrogens is 5. The number of ether oxygens (including phenoxy) is 1. The van der Waals surface area contributed by atoms with Crippen LogP contribution in [0.2, 0.25) is 0 Å². The summed E-state index contributed by atoms with van der Waals surface area (Å²) in [7, 11) is 3.69. The fourth-order valence-corrected chi connectivity index (χ4v) is 3.64. The van der Waals surface area contributed by atoms with E-state index >= 15 is 0 Å². The molecule has 10 nitrogen and oxygen atoms in total. The van der Waals surface area contributed by atoms with Crippen molar-refractivity contribution >= 4 is 11.8 Å². The molecule has 10 heteroatoms. The van der Waals surface area contributed by atoms with Gasteiger partial charge in [0.2, 0.25) is 5.95 Å². The lowest BCUT2D eigenvalue weighted by molar-refractivity contribution is 0.108. The zero-order chi connectivity index (χ0) is 24.2. The Bertz CT molecular complexity index is 1260. The number of hydrogen-bond donors (Lipinski definition) is 3. The lowest BCUT2D eigenvalue weighted by atomic mass is 10.0. The number of likely N-dealkylation sites (N-methyl/N-ethyl adjacent to an activating group) is 1. The van der Waals surface area contributed by atoms with Crippen LogP contribution in [0.1, 0.15) is 17.0 Å². The van der Waals surface area contributed by atoms with Crippen LogP contribution in [0, 0.1) is 20.8 Å². The molecule has 0 fully saturated rings. The highest BCUT2D eigenvalue weighted by molar-refractivity contribution is 5.75. The summed E-state index contributed by atoms with van der Waals surface area (Å²) < 4.78 is 13.1. The molecule has 0 radical (unpaired) electrons. The third-order valence-corrected chi connectivity index (χ3v) is 5.44. The zero-order valence-corrected chi connectivity index (χ0v) is 20.0. The molecular formula is C24H29N7O3. The summed E-state index contributed by atoms with van der Waals surface area (Å²) in [4.78, 5) is 14.1. The van der Waals surface area contributed by atoms with Crippen molar-refractivity contribution < 1.29 is 14.4 Å². The van der Waals surface area contributed by atoms with Gasteiger partial charge in [-0.3, -0.25) is 0 Å². The molecule has 0 saturated heterocycles. The second-order valence-electron chi connectivity index (χ2n) is 8.11. The van der Waals surface area contributed by atoms with Crippen LogP contribution in [0.4, 0.5) is 11.8 Å². The third kappa shape index (κ3) is 4.92. The van der Waals surface area contributed by atoms with Gasteiger partial charge in [-0.25, -0.2) is 15.0 Å². The van der Waals surface area contributed by atoms with Crippen LogP contribution in [0.25, 0.3) is 22.6 Å². The predicted octanol–water partition coefficient (Wildman–Crippen LogP) is 3.16. The summed E-state index contributed by atoms with van der Waals surface area (Å²) in [5, 5.41) is 20.3. The molecule has 0 saturated carbocycles. The Morgan fingerprint density at radius 2 is 2.03 bits per heavy atom. The number of imidazole rings is 1. The average molecular weight is 464 g/mol. The Morgan fingerprint density at radius 3 is 2.71 bits per heavy atom. The maximum Gasteiger partial charge on any atom is 0.208 e. The molecule has 0 spiro atoms. The number of nitrogens with one attached hydrogen (secondary N) is 2. The minimum atomic E-state index is -0.607. The van der Waals surface area contributed by atoms with Crippen molar-refractivity contribution in [3.05, 3.63) is 53.7 Å². The molecule has 0 amide bonds. The lowest BCUT2D eigenvalue weighted by Gasteiger charge is -2.15. The van der Waals surface area contributed by atoms with E-state index in [2.05, 4.69) is 20.8 Å². The van der Waals surface area contributed by atoms with Gasteiger partial charge in [0.1, 0.15) is 30.0 Å². The van der Waals surface area contributed by atoms with Gasteiger partial charge in [-0.15, -0.1) is 0 Å². The van der Waals surface area contributed by atoms with E-state index in [0.717, 1.165) is 28.1 Å². The minimum absolute atomic E-state index is 0.176. The molecule has 3 N–H and O–H groups in total. The van der Waals surface area contributed by atoms with Gasteiger partial charge in [-0.2, -0.15) is 0 Å². The number of benzene rings is 1. The Balaban J connectivity index is 1.77. The first-order chi connectivity index (χ1) is 16.4. The number of hydrogen-bond acceptors (Lipinski definition) is 9. The third-order valence-electron chi connectivity index (χ3n) is 5.44. The number of aliphatic hydroxyl groups is 1. The molecule has 0 aliphatic heterocycles. The Kier molecular flexibility index (Phi) is 6.90.